The highest BCUT2D eigenvalue weighted by Crippen LogP contribution is 2.14. The van der Waals surface area contributed by atoms with Crippen molar-refractivity contribution < 1.29 is 23.0 Å². The van der Waals surface area contributed by atoms with Crippen LogP contribution in [0.1, 0.15) is 5.56 Å². The van der Waals surface area contributed by atoms with Crippen LogP contribution in [-0.2, 0) is 16.1 Å². The fourth-order valence-electron chi connectivity index (χ4n) is 1.83. The SMILES string of the molecule is Cl.O=C(NCc1ccc(OC(F)F)cc1)C1COCCN1. The second-order valence-corrected chi connectivity index (χ2v) is 4.32. The molecule has 0 radical (unpaired) electrons. The largest absolute Gasteiger partial charge is 0.435 e. The molecule has 0 bridgehead atoms. The van der Waals surface area contributed by atoms with Crippen LogP contribution in [0.4, 0.5) is 8.78 Å². The molecular weight excluding hydrogens is 306 g/mol. The minimum atomic E-state index is -2.84. The van der Waals surface area contributed by atoms with Gasteiger partial charge in [0.05, 0.1) is 13.2 Å². The van der Waals surface area contributed by atoms with Crippen molar-refractivity contribution in [1.29, 1.82) is 0 Å². The highest BCUT2D eigenvalue weighted by atomic mass is 35.5. The third-order valence-corrected chi connectivity index (χ3v) is 2.85. The molecule has 0 spiro atoms. The first-order valence-electron chi connectivity index (χ1n) is 6.28. The van der Waals surface area contributed by atoms with Crippen molar-refractivity contribution in [1.82, 2.24) is 10.6 Å². The van der Waals surface area contributed by atoms with Crippen LogP contribution in [0.3, 0.4) is 0 Å². The minimum absolute atomic E-state index is 0. The second kappa shape index (κ2) is 8.76. The van der Waals surface area contributed by atoms with E-state index >= 15 is 0 Å². The van der Waals surface area contributed by atoms with E-state index in [9.17, 15) is 13.6 Å². The van der Waals surface area contributed by atoms with Crippen molar-refractivity contribution in [2.45, 2.75) is 19.2 Å². The Morgan fingerprint density at radius 2 is 2.14 bits per heavy atom. The van der Waals surface area contributed by atoms with E-state index in [-0.39, 0.29) is 30.1 Å². The number of benzene rings is 1. The van der Waals surface area contributed by atoms with Gasteiger partial charge in [-0.05, 0) is 17.7 Å². The zero-order chi connectivity index (χ0) is 14.4. The number of hydrogen-bond donors (Lipinski definition) is 2. The molecule has 5 nitrogen and oxygen atoms in total. The number of hydrogen-bond acceptors (Lipinski definition) is 4. The average molecular weight is 323 g/mol. The van der Waals surface area contributed by atoms with E-state index in [1.807, 2.05) is 0 Å². The highest BCUT2D eigenvalue weighted by molar-refractivity contribution is 5.85. The summed E-state index contributed by atoms with van der Waals surface area (Å²) in [4.78, 5) is 11.8. The van der Waals surface area contributed by atoms with Gasteiger partial charge in [-0.25, -0.2) is 0 Å². The maximum atomic E-state index is 12.0. The van der Waals surface area contributed by atoms with Gasteiger partial charge in [0.2, 0.25) is 5.91 Å². The number of rotatable bonds is 5. The monoisotopic (exact) mass is 322 g/mol. The quantitative estimate of drug-likeness (QED) is 0.858. The lowest BCUT2D eigenvalue weighted by Crippen LogP contribution is -2.51. The zero-order valence-corrected chi connectivity index (χ0v) is 12.0. The number of nitrogens with one attached hydrogen (secondary N) is 2. The van der Waals surface area contributed by atoms with E-state index in [4.69, 9.17) is 4.74 Å². The fraction of sp³-hybridized carbons (Fsp3) is 0.462. The summed E-state index contributed by atoms with van der Waals surface area (Å²) in [6.45, 7) is -0.899. The summed E-state index contributed by atoms with van der Waals surface area (Å²) in [5.41, 5.74) is 0.802. The van der Waals surface area contributed by atoms with Crippen LogP contribution in [0.15, 0.2) is 24.3 Å². The van der Waals surface area contributed by atoms with Crippen LogP contribution in [0.2, 0.25) is 0 Å². The summed E-state index contributed by atoms with van der Waals surface area (Å²) in [5, 5.41) is 5.80. The van der Waals surface area contributed by atoms with Crippen molar-refractivity contribution in [2.75, 3.05) is 19.8 Å². The Balaban J connectivity index is 0.00000220. The molecular formula is C13H17ClF2N2O3. The summed E-state index contributed by atoms with van der Waals surface area (Å²) in [7, 11) is 0. The molecule has 0 aromatic heterocycles. The minimum Gasteiger partial charge on any atom is -0.435 e. The third-order valence-electron chi connectivity index (χ3n) is 2.85. The zero-order valence-electron chi connectivity index (χ0n) is 11.2. The molecule has 1 aliphatic rings. The molecule has 1 saturated heterocycles. The van der Waals surface area contributed by atoms with Crippen molar-refractivity contribution in [2.24, 2.45) is 0 Å². The van der Waals surface area contributed by atoms with Gasteiger partial charge in [-0.15, -0.1) is 12.4 Å². The van der Waals surface area contributed by atoms with Crippen molar-refractivity contribution in [3.8, 4) is 5.75 Å². The van der Waals surface area contributed by atoms with Crippen LogP contribution in [0.5, 0.6) is 5.75 Å². The van der Waals surface area contributed by atoms with Gasteiger partial charge in [0, 0.05) is 13.1 Å². The fourth-order valence-corrected chi connectivity index (χ4v) is 1.83. The smallest absolute Gasteiger partial charge is 0.387 e. The summed E-state index contributed by atoms with van der Waals surface area (Å²) in [6, 6.07) is 5.79. The maximum absolute atomic E-state index is 12.0. The predicted molar refractivity (Wildman–Crippen MR) is 74.8 cm³/mol. The predicted octanol–water partition coefficient (Wildman–Crippen LogP) is 1.31. The standard InChI is InChI=1S/C13H16F2N2O3.ClH/c14-13(15)20-10-3-1-9(2-4-10)7-17-12(18)11-8-19-6-5-16-11;/h1-4,11,13,16H,5-8H2,(H,17,18);1H. The molecule has 1 aliphatic heterocycles. The lowest BCUT2D eigenvalue weighted by molar-refractivity contribution is -0.126. The molecule has 1 amide bonds. The van der Waals surface area contributed by atoms with Crippen molar-refractivity contribution >= 4 is 18.3 Å². The number of amides is 1. The average Bonchev–Trinajstić information content (AvgIpc) is 2.46. The van der Waals surface area contributed by atoms with Crippen LogP contribution < -0.4 is 15.4 Å². The van der Waals surface area contributed by atoms with Crippen molar-refractivity contribution in [3.05, 3.63) is 29.8 Å². The van der Waals surface area contributed by atoms with Crippen molar-refractivity contribution in [3.63, 3.8) is 0 Å². The van der Waals surface area contributed by atoms with E-state index in [0.29, 0.717) is 26.3 Å². The number of halogens is 3. The number of carbonyl (C=O) groups is 1. The number of morpholine rings is 1. The molecule has 21 heavy (non-hydrogen) atoms. The van der Waals surface area contributed by atoms with E-state index in [0.717, 1.165) is 5.56 Å². The van der Waals surface area contributed by atoms with E-state index in [1.165, 1.54) is 12.1 Å². The Kier molecular flexibility index (Phi) is 7.35. The topological polar surface area (TPSA) is 59.6 Å². The molecule has 1 heterocycles. The van der Waals surface area contributed by atoms with Crippen LogP contribution in [0.25, 0.3) is 0 Å². The molecule has 1 atom stereocenters. The number of carbonyl (C=O) groups excluding carboxylic acids is 1. The normalized spacial score (nSPS) is 18.0. The Labute approximate surface area is 127 Å². The Morgan fingerprint density at radius 1 is 1.43 bits per heavy atom. The van der Waals surface area contributed by atoms with Crippen LogP contribution in [0, 0.1) is 0 Å². The molecule has 0 aliphatic carbocycles. The second-order valence-electron chi connectivity index (χ2n) is 4.32. The lowest BCUT2D eigenvalue weighted by Gasteiger charge is -2.22. The Hall–Kier alpha value is -1.44. The molecule has 1 aromatic rings. The molecule has 118 valence electrons. The third kappa shape index (κ3) is 5.82. The first-order chi connectivity index (χ1) is 9.65. The van der Waals surface area contributed by atoms with Gasteiger partial charge in [0.1, 0.15) is 11.8 Å². The molecule has 2 N–H and O–H groups in total. The summed E-state index contributed by atoms with van der Waals surface area (Å²) >= 11 is 0. The molecule has 1 fully saturated rings. The van der Waals surface area contributed by atoms with Gasteiger partial charge in [0.25, 0.3) is 0 Å². The number of alkyl halides is 2. The van der Waals surface area contributed by atoms with E-state index in [2.05, 4.69) is 15.4 Å². The van der Waals surface area contributed by atoms with E-state index < -0.39 is 6.61 Å². The molecule has 1 aromatic carbocycles. The molecule has 8 heteroatoms. The van der Waals surface area contributed by atoms with Crippen LogP contribution >= 0.6 is 12.4 Å². The molecule has 2 rings (SSSR count). The Bertz CT molecular complexity index is 440. The van der Waals surface area contributed by atoms with Gasteiger partial charge < -0.3 is 20.1 Å². The van der Waals surface area contributed by atoms with Gasteiger partial charge >= 0.3 is 6.61 Å². The highest BCUT2D eigenvalue weighted by Gasteiger charge is 2.20. The first kappa shape index (κ1) is 17.6. The van der Waals surface area contributed by atoms with Gasteiger partial charge in [-0.1, -0.05) is 12.1 Å². The first-order valence-corrected chi connectivity index (χ1v) is 6.28. The van der Waals surface area contributed by atoms with Gasteiger partial charge in [0.15, 0.2) is 0 Å². The van der Waals surface area contributed by atoms with Crippen LogP contribution in [-0.4, -0.2) is 38.3 Å². The summed E-state index contributed by atoms with van der Waals surface area (Å²) < 4.78 is 33.4. The summed E-state index contributed by atoms with van der Waals surface area (Å²) in [5.74, 6) is -0.0463. The maximum Gasteiger partial charge on any atom is 0.387 e. The Morgan fingerprint density at radius 3 is 2.71 bits per heavy atom. The van der Waals surface area contributed by atoms with Gasteiger partial charge in [-0.2, -0.15) is 8.78 Å². The van der Waals surface area contributed by atoms with E-state index in [1.54, 1.807) is 12.1 Å². The molecule has 0 saturated carbocycles. The summed E-state index contributed by atoms with van der Waals surface area (Å²) in [6.07, 6.45) is 0. The molecule has 1 unspecified atom stereocenters. The number of ether oxygens (including phenoxy) is 2. The lowest BCUT2D eigenvalue weighted by atomic mass is 10.2. The van der Waals surface area contributed by atoms with Gasteiger partial charge in [-0.3, -0.25) is 4.79 Å².